The van der Waals surface area contributed by atoms with Gasteiger partial charge in [0.1, 0.15) is 5.82 Å². The molecule has 0 bridgehead atoms. The summed E-state index contributed by atoms with van der Waals surface area (Å²) in [6.45, 7) is 0.218. The number of benzene rings is 2. The van der Waals surface area contributed by atoms with Crippen molar-refractivity contribution in [2.45, 2.75) is 12.8 Å². The van der Waals surface area contributed by atoms with Gasteiger partial charge in [0.25, 0.3) is 11.1 Å². The Balaban J connectivity index is 1.27. The number of amides is 3. The summed E-state index contributed by atoms with van der Waals surface area (Å²) >= 11 is 2.33. The highest BCUT2D eigenvalue weighted by Gasteiger charge is 2.34. The van der Waals surface area contributed by atoms with Crippen LogP contribution in [0.5, 0.6) is 0 Å². The zero-order valence-corrected chi connectivity index (χ0v) is 18.0. The largest absolute Gasteiger partial charge is 0.354 e. The molecule has 1 aromatic heterocycles. The molecule has 9 heteroatoms. The number of nitrogens with zero attached hydrogens (tertiary/aromatic N) is 2. The Morgan fingerprint density at radius 1 is 1.13 bits per heavy atom. The monoisotopic (exact) mass is 455 g/mol. The van der Waals surface area contributed by atoms with Gasteiger partial charge in [-0.15, -0.1) is 11.3 Å². The van der Waals surface area contributed by atoms with Crippen molar-refractivity contribution in [3.05, 3.63) is 69.8 Å². The molecule has 0 aliphatic carbocycles. The van der Waals surface area contributed by atoms with E-state index in [1.165, 1.54) is 18.2 Å². The molecular weight excluding hydrogens is 437 g/mol. The lowest BCUT2D eigenvalue weighted by Crippen LogP contribution is -2.37. The Morgan fingerprint density at radius 2 is 1.90 bits per heavy atom. The first-order valence-electron chi connectivity index (χ1n) is 9.62. The summed E-state index contributed by atoms with van der Waals surface area (Å²) in [6, 6.07) is 13.8. The molecule has 2 aromatic carbocycles. The molecule has 4 rings (SSSR count). The summed E-state index contributed by atoms with van der Waals surface area (Å²) in [5, 5.41) is 3.19. The quantitative estimate of drug-likeness (QED) is 0.540. The molecule has 0 atom stereocenters. The summed E-state index contributed by atoms with van der Waals surface area (Å²) in [5.41, 5.74) is 1.17. The van der Waals surface area contributed by atoms with E-state index in [0.29, 0.717) is 6.42 Å². The van der Waals surface area contributed by atoms with Gasteiger partial charge in [-0.05, 0) is 36.0 Å². The summed E-state index contributed by atoms with van der Waals surface area (Å²) in [6.07, 6.45) is 2.17. The van der Waals surface area contributed by atoms with Crippen LogP contribution in [0.2, 0.25) is 0 Å². The third-order valence-corrected chi connectivity index (χ3v) is 6.63. The van der Waals surface area contributed by atoms with Gasteiger partial charge in [-0.1, -0.05) is 30.3 Å². The van der Waals surface area contributed by atoms with Gasteiger partial charge in [0.05, 0.1) is 20.1 Å². The van der Waals surface area contributed by atoms with Crippen molar-refractivity contribution in [2.75, 3.05) is 13.1 Å². The van der Waals surface area contributed by atoms with Crippen molar-refractivity contribution in [3.8, 4) is 0 Å². The highest BCUT2D eigenvalue weighted by atomic mass is 32.2. The first kappa shape index (κ1) is 21.2. The number of rotatable bonds is 7. The van der Waals surface area contributed by atoms with Crippen molar-refractivity contribution >= 4 is 56.4 Å². The van der Waals surface area contributed by atoms with Gasteiger partial charge in [-0.3, -0.25) is 19.3 Å². The zero-order valence-electron chi connectivity index (χ0n) is 16.3. The second-order valence-corrected chi connectivity index (χ2v) is 8.89. The number of carbonyl (C=O) groups excluding carboxylic acids is 3. The predicted octanol–water partition coefficient (Wildman–Crippen LogP) is 4.22. The van der Waals surface area contributed by atoms with E-state index in [9.17, 15) is 18.8 Å². The average molecular weight is 456 g/mol. The molecule has 31 heavy (non-hydrogen) atoms. The first-order valence-corrected chi connectivity index (χ1v) is 11.3. The number of para-hydroxylation sites is 1. The number of halogens is 1. The highest BCUT2D eigenvalue weighted by molar-refractivity contribution is 8.18. The van der Waals surface area contributed by atoms with Gasteiger partial charge in [0, 0.05) is 31.5 Å². The maximum absolute atomic E-state index is 13.8. The Morgan fingerprint density at radius 3 is 2.71 bits per heavy atom. The van der Waals surface area contributed by atoms with Gasteiger partial charge < -0.3 is 5.32 Å². The van der Waals surface area contributed by atoms with E-state index in [-0.39, 0.29) is 35.9 Å². The minimum absolute atomic E-state index is 0.0617. The number of hydrogen-bond acceptors (Lipinski definition) is 6. The van der Waals surface area contributed by atoms with Crippen LogP contribution in [0.3, 0.4) is 0 Å². The van der Waals surface area contributed by atoms with E-state index < -0.39 is 17.0 Å². The van der Waals surface area contributed by atoms with E-state index in [1.54, 1.807) is 23.5 Å². The molecule has 158 valence electrons. The Kier molecular flexibility index (Phi) is 6.43. The summed E-state index contributed by atoms with van der Waals surface area (Å²) in [7, 11) is 0. The molecule has 2 heterocycles. The molecule has 1 aliphatic heterocycles. The summed E-state index contributed by atoms with van der Waals surface area (Å²) < 4.78 is 14.9. The van der Waals surface area contributed by atoms with Gasteiger partial charge >= 0.3 is 0 Å². The number of carbonyl (C=O) groups is 3. The van der Waals surface area contributed by atoms with Crippen molar-refractivity contribution in [1.29, 1.82) is 0 Å². The number of fused-ring (bicyclic) bond motifs is 1. The molecule has 3 aromatic rings. The molecule has 1 N–H and O–H groups in total. The lowest BCUT2D eigenvalue weighted by Gasteiger charge is -2.12. The van der Waals surface area contributed by atoms with Crippen molar-refractivity contribution < 1.29 is 18.8 Å². The number of thioether (sulfide) groups is 1. The van der Waals surface area contributed by atoms with Crippen LogP contribution in [-0.2, 0) is 16.0 Å². The van der Waals surface area contributed by atoms with E-state index in [4.69, 9.17) is 0 Å². The number of thiazole rings is 1. The van der Waals surface area contributed by atoms with Crippen LogP contribution in [0.15, 0.2) is 53.4 Å². The first-order chi connectivity index (χ1) is 15.0. The molecule has 0 spiro atoms. The molecule has 0 radical (unpaired) electrons. The summed E-state index contributed by atoms with van der Waals surface area (Å²) in [5.74, 6) is -1.12. The van der Waals surface area contributed by atoms with Crippen LogP contribution in [0.1, 0.15) is 17.0 Å². The van der Waals surface area contributed by atoms with Crippen LogP contribution in [0.25, 0.3) is 16.3 Å². The second-order valence-electron chi connectivity index (χ2n) is 6.78. The van der Waals surface area contributed by atoms with Gasteiger partial charge in [-0.25, -0.2) is 9.37 Å². The fourth-order valence-electron chi connectivity index (χ4n) is 3.07. The smallest absolute Gasteiger partial charge is 0.293 e. The maximum Gasteiger partial charge on any atom is 0.293 e. The normalized spacial score (nSPS) is 15.3. The van der Waals surface area contributed by atoms with E-state index in [0.717, 1.165) is 31.9 Å². The Labute approximate surface area is 186 Å². The Hall–Kier alpha value is -3.04. The van der Waals surface area contributed by atoms with Crippen molar-refractivity contribution in [1.82, 2.24) is 15.2 Å². The third-order valence-electron chi connectivity index (χ3n) is 4.63. The van der Waals surface area contributed by atoms with Crippen LogP contribution in [0.4, 0.5) is 9.18 Å². The maximum atomic E-state index is 13.8. The molecular formula is C22H18FN3O3S2. The molecule has 0 saturated carbocycles. The van der Waals surface area contributed by atoms with Gasteiger partial charge in [-0.2, -0.15) is 0 Å². The zero-order chi connectivity index (χ0) is 21.8. The number of hydrogen-bond donors (Lipinski definition) is 1. The second kappa shape index (κ2) is 9.40. The average Bonchev–Trinajstić information content (AvgIpc) is 3.29. The molecule has 0 unspecified atom stereocenters. The van der Waals surface area contributed by atoms with E-state index in [1.807, 2.05) is 24.3 Å². The van der Waals surface area contributed by atoms with E-state index in [2.05, 4.69) is 10.3 Å². The molecule has 3 amide bonds. The fourth-order valence-corrected chi connectivity index (χ4v) is 4.89. The highest BCUT2D eigenvalue weighted by Crippen LogP contribution is 2.32. The topological polar surface area (TPSA) is 79.4 Å². The SMILES string of the molecule is O=C(CCc1nc2ccccc2s1)NCCN1C(=O)S/C(=C\c2ccccc2F)C1=O. The van der Waals surface area contributed by atoms with Crippen LogP contribution in [-0.4, -0.2) is 40.0 Å². The Bertz CT molecular complexity index is 1160. The van der Waals surface area contributed by atoms with Crippen LogP contribution in [0, 0.1) is 5.82 Å². The van der Waals surface area contributed by atoms with Crippen LogP contribution >= 0.6 is 23.1 Å². The third kappa shape index (κ3) is 5.00. The lowest BCUT2D eigenvalue weighted by molar-refractivity contribution is -0.124. The minimum atomic E-state index is -0.484. The number of aromatic nitrogens is 1. The van der Waals surface area contributed by atoms with Crippen LogP contribution < -0.4 is 5.32 Å². The van der Waals surface area contributed by atoms with Crippen molar-refractivity contribution in [2.24, 2.45) is 0 Å². The number of imide groups is 1. The van der Waals surface area contributed by atoms with Gasteiger partial charge in [0.15, 0.2) is 0 Å². The molecule has 6 nitrogen and oxygen atoms in total. The van der Waals surface area contributed by atoms with Crippen molar-refractivity contribution in [3.63, 3.8) is 0 Å². The molecule has 1 saturated heterocycles. The fraction of sp³-hybridized carbons (Fsp3) is 0.182. The minimum Gasteiger partial charge on any atom is -0.354 e. The van der Waals surface area contributed by atoms with E-state index >= 15 is 0 Å². The van der Waals surface area contributed by atoms with Gasteiger partial charge in [0.2, 0.25) is 5.91 Å². The number of aryl methyl sites for hydroxylation is 1. The summed E-state index contributed by atoms with van der Waals surface area (Å²) in [4.78, 5) is 42.5. The molecule has 1 fully saturated rings. The molecule has 1 aliphatic rings. The lowest BCUT2D eigenvalue weighted by atomic mass is 10.2. The standard InChI is InChI=1S/C22H18FN3O3S2/c23-15-6-2-1-5-14(15)13-18-21(28)26(22(29)31-18)12-11-24-19(27)9-10-20-25-16-7-3-4-8-17(16)30-20/h1-8,13H,9-12H2,(H,24,27)/b18-13-. The number of nitrogens with one attached hydrogen (secondary N) is 1. The predicted molar refractivity (Wildman–Crippen MR) is 120 cm³/mol.